The Morgan fingerprint density at radius 1 is 1.29 bits per heavy atom. The maximum Gasteiger partial charge on any atom is 0.325 e. The third-order valence-corrected chi connectivity index (χ3v) is 6.10. The van der Waals surface area contributed by atoms with Gasteiger partial charge in [0.15, 0.2) is 14.6 Å². The Bertz CT molecular complexity index is 343. The van der Waals surface area contributed by atoms with Crippen molar-refractivity contribution >= 4 is 15.8 Å². The molecule has 0 atom stereocenters. The first kappa shape index (κ1) is 11.5. The first-order valence-corrected chi connectivity index (χ1v) is 6.11. The summed E-state index contributed by atoms with van der Waals surface area (Å²) in [6.07, 6.45) is 1.19. The van der Waals surface area contributed by atoms with Crippen molar-refractivity contribution in [2.24, 2.45) is 0 Å². The number of carboxylic acid groups (broad SMARTS) is 1. The Balaban J connectivity index is 3.21. The summed E-state index contributed by atoms with van der Waals surface area (Å²) in [7, 11) is -3.60. The molecule has 0 heterocycles. The maximum atomic E-state index is 12.0. The van der Waals surface area contributed by atoms with E-state index in [1.807, 2.05) is 0 Å². The van der Waals surface area contributed by atoms with Gasteiger partial charge in [-0.05, 0) is 40.0 Å². The highest BCUT2D eigenvalue weighted by Crippen LogP contribution is 2.44. The van der Waals surface area contributed by atoms with Crippen LogP contribution in [0.5, 0.6) is 0 Å². The van der Waals surface area contributed by atoms with Gasteiger partial charge in [-0.1, -0.05) is 0 Å². The molecule has 1 aliphatic rings. The van der Waals surface area contributed by atoms with Crippen LogP contribution in [-0.4, -0.2) is 29.0 Å². The lowest BCUT2D eigenvalue weighted by atomic mass is 9.84. The minimum atomic E-state index is -3.60. The standard InChI is InChI=1S/C9H16O4S/c1-8(2,3)14(12,13)9(7(10)11)5-4-6-9/h4-6H2,1-3H3,(H,10,11). The normalized spacial score (nSPS) is 21.4. The predicted octanol–water partition coefficient (Wildman–Crippen LogP) is 1.21. The van der Waals surface area contributed by atoms with Crippen LogP contribution < -0.4 is 0 Å². The topological polar surface area (TPSA) is 71.4 Å². The van der Waals surface area contributed by atoms with Crippen LogP contribution in [0.25, 0.3) is 0 Å². The highest BCUT2D eigenvalue weighted by Gasteiger charge is 2.59. The summed E-state index contributed by atoms with van der Waals surface area (Å²) in [4.78, 5) is 11.0. The fourth-order valence-electron chi connectivity index (χ4n) is 1.68. The molecule has 0 aliphatic heterocycles. The van der Waals surface area contributed by atoms with E-state index in [2.05, 4.69) is 0 Å². The zero-order valence-corrected chi connectivity index (χ0v) is 9.52. The van der Waals surface area contributed by atoms with Crippen LogP contribution in [0.2, 0.25) is 0 Å². The maximum absolute atomic E-state index is 12.0. The predicted molar refractivity (Wildman–Crippen MR) is 52.9 cm³/mol. The fraction of sp³-hybridized carbons (Fsp3) is 0.889. The molecule has 0 unspecified atom stereocenters. The van der Waals surface area contributed by atoms with Crippen molar-refractivity contribution in [3.8, 4) is 0 Å². The number of aliphatic carboxylic acids is 1. The number of carbonyl (C=O) groups is 1. The lowest BCUT2D eigenvalue weighted by Crippen LogP contribution is -2.57. The summed E-state index contributed by atoms with van der Waals surface area (Å²) in [5, 5.41) is 9.00. The van der Waals surface area contributed by atoms with E-state index in [-0.39, 0.29) is 12.8 Å². The third-order valence-electron chi connectivity index (χ3n) is 2.87. The highest BCUT2D eigenvalue weighted by molar-refractivity contribution is 7.94. The van der Waals surface area contributed by atoms with Crippen molar-refractivity contribution in [2.75, 3.05) is 0 Å². The van der Waals surface area contributed by atoms with Crippen LogP contribution in [0.4, 0.5) is 0 Å². The molecule has 1 N–H and O–H groups in total. The quantitative estimate of drug-likeness (QED) is 0.759. The minimum absolute atomic E-state index is 0.252. The molecule has 0 amide bonds. The molecule has 5 heteroatoms. The Kier molecular flexibility index (Phi) is 2.42. The van der Waals surface area contributed by atoms with Gasteiger partial charge >= 0.3 is 5.97 Å². The number of hydrogen-bond donors (Lipinski definition) is 1. The van der Waals surface area contributed by atoms with Crippen molar-refractivity contribution in [1.29, 1.82) is 0 Å². The van der Waals surface area contributed by atoms with E-state index in [1.165, 1.54) is 0 Å². The van der Waals surface area contributed by atoms with Crippen LogP contribution in [0.1, 0.15) is 40.0 Å². The number of carboxylic acids is 1. The molecular weight excluding hydrogens is 204 g/mol. The van der Waals surface area contributed by atoms with E-state index in [0.29, 0.717) is 6.42 Å². The smallest absolute Gasteiger partial charge is 0.325 e. The first-order valence-electron chi connectivity index (χ1n) is 4.63. The van der Waals surface area contributed by atoms with E-state index >= 15 is 0 Å². The molecule has 1 aliphatic carbocycles. The van der Waals surface area contributed by atoms with Gasteiger partial charge in [0.1, 0.15) is 0 Å². The second-order valence-electron chi connectivity index (χ2n) is 4.77. The summed E-state index contributed by atoms with van der Waals surface area (Å²) >= 11 is 0. The zero-order valence-electron chi connectivity index (χ0n) is 8.70. The molecule has 4 nitrogen and oxygen atoms in total. The number of sulfone groups is 1. The molecule has 14 heavy (non-hydrogen) atoms. The lowest BCUT2D eigenvalue weighted by molar-refractivity contribution is -0.142. The van der Waals surface area contributed by atoms with Crippen molar-refractivity contribution in [3.63, 3.8) is 0 Å². The Hall–Kier alpha value is -0.580. The van der Waals surface area contributed by atoms with Gasteiger partial charge in [-0.3, -0.25) is 4.79 Å². The summed E-state index contributed by atoms with van der Waals surface area (Å²) < 4.78 is 21.5. The van der Waals surface area contributed by atoms with E-state index in [9.17, 15) is 13.2 Å². The Labute approximate surface area is 84.2 Å². The summed E-state index contributed by atoms with van der Waals surface area (Å²) in [6.45, 7) is 4.64. The monoisotopic (exact) mass is 220 g/mol. The van der Waals surface area contributed by atoms with Gasteiger partial charge in [-0.15, -0.1) is 0 Å². The summed E-state index contributed by atoms with van der Waals surface area (Å²) in [5.41, 5.74) is 0. The van der Waals surface area contributed by atoms with Crippen LogP contribution in [0.15, 0.2) is 0 Å². The van der Waals surface area contributed by atoms with E-state index in [1.54, 1.807) is 20.8 Å². The van der Waals surface area contributed by atoms with E-state index in [4.69, 9.17) is 5.11 Å². The average Bonchev–Trinajstić information content (AvgIpc) is 1.78. The van der Waals surface area contributed by atoms with Gasteiger partial charge in [0.2, 0.25) is 0 Å². The molecule has 0 saturated heterocycles. The highest BCUT2D eigenvalue weighted by atomic mass is 32.2. The number of rotatable bonds is 2. The Morgan fingerprint density at radius 3 is 1.79 bits per heavy atom. The van der Waals surface area contributed by atoms with Crippen LogP contribution >= 0.6 is 0 Å². The van der Waals surface area contributed by atoms with Crippen molar-refractivity contribution in [1.82, 2.24) is 0 Å². The lowest BCUT2D eigenvalue weighted by Gasteiger charge is -2.41. The first-order chi connectivity index (χ1) is 6.15. The second-order valence-corrected chi connectivity index (χ2v) is 7.78. The molecule has 0 aromatic carbocycles. The minimum Gasteiger partial charge on any atom is -0.480 e. The summed E-state index contributed by atoms with van der Waals surface area (Å²) in [5.74, 6) is -1.20. The molecule has 1 saturated carbocycles. The molecule has 0 bridgehead atoms. The van der Waals surface area contributed by atoms with Gasteiger partial charge in [0.25, 0.3) is 0 Å². The van der Waals surface area contributed by atoms with Crippen LogP contribution in [-0.2, 0) is 14.6 Å². The number of hydrogen-bond acceptors (Lipinski definition) is 3. The van der Waals surface area contributed by atoms with Gasteiger partial charge in [-0.25, -0.2) is 8.42 Å². The molecule has 1 fully saturated rings. The van der Waals surface area contributed by atoms with Crippen molar-refractivity contribution in [2.45, 2.75) is 49.5 Å². The molecule has 0 spiro atoms. The SMILES string of the molecule is CC(C)(C)S(=O)(=O)C1(C(=O)O)CCC1. The molecule has 0 aromatic heterocycles. The van der Waals surface area contributed by atoms with Gasteiger partial charge < -0.3 is 5.11 Å². The van der Waals surface area contributed by atoms with Crippen molar-refractivity contribution in [3.05, 3.63) is 0 Å². The van der Waals surface area contributed by atoms with E-state index in [0.717, 1.165) is 0 Å². The second kappa shape index (κ2) is 2.95. The fourth-order valence-corrected chi connectivity index (χ4v) is 3.91. The van der Waals surface area contributed by atoms with Crippen LogP contribution in [0, 0.1) is 0 Å². The molecule has 0 aromatic rings. The van der Waals surface area contributed by atoms with Gasteiger partial charge in [0.05, 0.1) is 4.75 Å². The summed E-state index contributed by atoms with van der Waals surface area (Å²) in [6, 6.07) is 0. The van der Waals surface area contributed by atoms with Gasteiger partial charge in [0, 0.05) is 0 Å². The van der Waals surface area contributed by atoms with E-state index < -0.39 is 25.3 Å². The average molecular weight is 220 g/mol. The molecule has 82 valence electrons. The van der Waals surface area contributed by atoms with Crippen LogP contribution in [0.3, 0.4) is 0 Å². The zero-order chi connectivity index (χ0) is 11.2. The van der Waals surface area contributed by atoms with Crippen molar-refractivity contribution < 1.29 is 18.3 Å². The largest absolute Gasteiger partial charge is 0.480 e. The molecule has 1 rings (SSSR count). The molecule has 0 radical (unpaired) electrons. The van der Waals surface area contributed by atoms with Gasteiger partial charge in [-0.2, -0.15) is 0 Å². The molecular formula is C9H16O4S. The third kappa shape index (κ3) is 1.26. The Morgan fingerprint density at radius 2 is 1.71 bits per heavy atom.